The molecule has 0 aliphatic rings. The molecular formula is C13H16N2O2S. The monoisotopic (exact) mass is 264 g/mol. The maximum absolute atomic E-state index is 11.4. The average Bonchev–Trinajstić information content (AvgIpc) is 2.70. The molecule has 0 fully saturated rings. The predicted molar refractivity (Wildman–Crippen MR) is 71.2 cm³/mol. The predicted octanol–water partition coefficient (Wildman–Crippen LogP) is 2.28. The average molecular weight is 264 g/mol. The molecule has 0 aliphatic heterocycles. The lowest BCUT2D eigenvalue weighted by atomic mass is 10.1. The van der Waals surface area contributed by atoms with E-state index < -0.39 is 9.84 Å². The summed E-state index contributed by atoms with van der Waals surface area (Å²) in [6.45, 7) is 4.80. The first-order chi connectivity index (χ1) is 8.41. The molecule has 1 aromatic carbocycles. The largest absolute Gasteiger partial charge is 0.272 e. The minimum absolute atomic E-state index is 0.340. The highest BCUT2D eigenvalue weighted by atomic mass is 32.2. The summed E-state index contributed by atoms with van der Waals surface area (Å²) in [6, 6.07) is 6.90. The Balaban J connectivity index is 2.43. The Morgan fingerprint density at radius 1 is 1.22 bits per heavy atom. The maximum atomic E-state index is 11.4. The second-order valence-electron chi connectivity index (χ2n) is 4.28. The van der Waals surface area contributed by atoms with Gasteiger partial charge in [-0.15, -0.1) is 0 Å². The minimum atomic E-state index is -3.13. The standard InChI is InChI=1S/C13H16N2O2S/c1-4-15-9-13(10(2)14-15)11-5-7-12(8-6-11)18(3,16)17/h5-9H,4H2,1-3H3. The van der Waals surface area contributed by atoms with Crippen molar-refractivity contribution in [2.24, 2.45) is 0 Å². The van der Waals surface area contributed by atoms with Crippen LogP contribution in [-0.4, -0.2) is 24.5 Å². The van der Waals surface area contributed by atoms with Crippen LogP contribution in [0.3, 0.4) is 0 Å². The van der Waals surface area contributed by atoms with Crippen molar-refractivity contribution in [2.45, 2.75) is 25.3 Å². The second kappa shape index (κ2) is 4.57. The van der Waals surface area contributed by atoms with Crippen LogP contribution in [0.5, 0.6) is 0 Å². The van der Waals surface area contributed by atoms with Gasteiger partial charge in [0, 0.05) is 24.6 Å². The Morgan fingerprint density at radius 3 is 2.28 bits per heavy atom. The van der Waals surface area contributed by atoms with Gasteiger partial charge in [-0.05, 0) is 31.5 Å². The first-order valence-electron chi connectivity index (χ1n) is 5.76. The van der Waals surface area contributed by atoms with E-state index >= 15 is 0 Å². The Kier molecular flexibility index (Phi) is 3.26. The number of nitrogens with zero attached hydrogens (tertiary/aromatic N) is 2. The fourth-order valence-electron chi connectivity index (χ4n) is 1.84. The second-order valence-corrected chi connectivity index (χ2v) is 6.30. The molecule has 0 spiro atoms. The highest BCUT2D eigenvalue weighted by Gasteiger charge is 2.09. The normalized spacial score (nSPS) is 11.7. The quantitative estimate of drug-likeness (QED) is 0.854. The van der Waals surface area contributed by atoms with Gasteiger partial charge in [0.2, 0.25) is 0 Å². The summed E-state index contributed by atoms with van der Waals surface area (Å²) in [5.74, 6) is 0. The number of hydrogen-bond acceptors (Lipinski definition) is 3. The number of sulfone groups is 1. The number of hydrogen-bond donors (Lipinski definition) is 0. The van der Waals surface area contributed by atoms with Crippen molar-refractivity contribution in [2.75, 3.05) is 6.26 Å². The fraction of sp³-hybridized carbons (Fsp3) is 0.308. The van der Waals surface area contributed by atoms with E-state index in [2.05, 4.69) is 5.10 Å². The van der Waals surface area contributed by atoms with Gasteiger partial charge in [-0.2, -0.15) is 5.10 Å². The van der Waals surface area contributed by atoms with Gasteiger partial charge in [0.05, 0.1) is 10.6 Å². The topological polar surface area (TPSA) is 52.0 Å². The third-order valence-electron chi connectivity index (χ3n) is 2.86. The fourth-order valence-corrected chi connectivity index (χ4v) is 2.48. The van der Waals surface area contributed by atoms with Crippen LogP contribution in [0.4, 0.5) is 0 Å². The van der Waals surface area contributed by atoms with Crippen molar-refractivity contribution >= 4 is 9.84 Å². The van der Waals surface area contributed by atoms with Crippen LogP contribution in [0.2, 0.25) is 0 Å². The highest BCUT2D eigenvalue weighted by Crippen LogP contribution is 2.23. The summed E-state index contributed by atoms with van der Waals surface area (Å²) in [4.78, 5) is 0.340. The third-order valence-corrected chi connectivity index (χ3v) is 3.99. The summed E-state index contributed by atoms with van der Waals surface area (Å²) < 4.78 is 24.6. The van der Waals surface area contributed by atoms with Crippen molar-refractivity contribution in [3.8, 4) is 11.1 Å². The summed E-state index contributed by atoms with van der Waals surface area (Å²) in [7, 11) is -3.13. The number of benzene rings is 1. The van der Waals surface area contributed by atoms with E-state index in [9.17, 15) is 8.42 Å². The van der Waals surface area contributed by atoms with Crippen LogP contribution >= 0.6 is 0 Å². The van der Waals surface area contributed by atoms with E-state index in [4.69, 9.17) is 0 Å². The van der Waals surface area contributed by atoms with Gasteiger partial charge < -0.3 is 0 Å². The Bertz CT molecular complexity index is 655. The van der Waals surface area contributed by atoms with E-state index in [1.54, 1.807) is 12.1 Å². The molecule has 0 aliphatic carbocycles. The van der Waals surface area contributed by atoms with Crippen molar-refractivity contribution in [3.05, 3.63) is 36.2 Å². The number of rotatable bonds is 3. The number of aromatic nitrogens is 2. The molecule has 2 rings (SSSR count). The van der Waals surface area contributed by atoms with Gasteiger partial charge >= 0.3 is 0 Å². The lowest BCUT2D eigenvalue weighted by Crippen LogP contribution is -1.96. The van der Waals surface area contributed by atoms with Crippen LogP contribution in [0, 0.1) is 6.92 Å². The summed E-state index contributed by atoms with van der Waals surface area (Å²) in [5.41, 5.74) is 2.97. The van der Waals surface area contributed by atoms with Gasteiger partial charge in [-0.1, -0.05) is 12.1 Å². The highest BCUT2D eigenvalue weighted by molar-refractivity contribution is 7.90. The van der Waals surface area contributed by atoms with E-state index in [0.717, 1.165) is 23.4 Å². The van der Waals surface area contributed by atoms with Crippen LogP contribution < -0.4 is 0 Å². The van der Waals surface area contributed by atoms with E-state index in [-0.39, 0.29) is 0 Å². The van der Waals surface area contributed by atoms with Crippen molar-refractivity contribution < 1.29 is 8.42 Å². The summed E-state index contributed by atoms with van der Waals surface area (Å²) >= 11 is 0. The third kappa shape index (κ3) is 2.46. The van der Waals surface area contributed by atoms with Gasteiger partial charge in [0.15, 0.2) is 9.84 Å². The molecule has 4 nitrogen and oxygen atoms in total. The lowest BCUT2D eigenvalue weighted by Gasteiger charge is -2.01. The Morgan fingerprint density at radius 2 is 1.83 bits per heavy atom. The molecule has 0 atom stereocenters. The molecule has 0 radical (unpaired) electrons. The zero-order valence-electron chi connectivity index (χ0n) is 10.7. The molecule has 1 heterocycles. The van der Waals surface area contributed by atoms with Gasteiger partial charge in [0.1, 0.15) is 0 Å². The molecule has 0 N–H and O–H groups in total. The molecule has 18 heavy (non-hydrogen) atoms. The van der Waals surface area contributed by atoms with Crippen molar-refractivity contribution in [3.63, 3.8) is 0 Å². The molecular weight excluding hydrogens is 248 g/mol. The smallest absolute Gasteiger partial charge is 0.175 e. The lowest BCUT2D eigenvalue weighted by molar-refractivity contribution is 0.602. The maximum Gasteiger partial charge on any atom is 0.175 e. The SMILES string of the molecule is CCn1cc(-c2ccc(S(C)(=O)=O)cc2)c(C)n1. The van der Waals surface area contributed by atoms with Crippen LogP contribution in [-0.2, 0) is 16.4 Å². The van der Waals surface area contributed by atoms with E-state index in [1.807, 2.05) is 36.9 Å². The zero-order valence-corrected chi connectivity index (χ0v) is 11.5. The first kappa shape index (κ1) is 12.8. The Labute approximate surface area is 107 Å². The van der Waals surface area contributed by atoms with E-state index in [1.165, 1.54) is 6.26 Å². The molecule has 0 bridgehead atoms. The van der Waals surface area contributed by atoms with Gasteiger partial charge in [-0.25, -0.2) is 8.42 Å². The first-order valence-corrected chi connectivity index (χ1v) is 7.65. The molecule has 0 saturated carbocycles. The van der Waals surface area contributed by atoms with E-state index in [0.29, 0.717) is 4.90 Å². The molecule has 0 unspecified atom stereocenters. The minimum Gasteiger partial charge on any atom is -0.272 e. The van der Waals surface area contributed by atoms with Crippen molar-refractivity contribution in [1.82, 2.24) is 9.78 Å². The molecule has 1 aromatic heterocycles. The van der Waals surface area contributed by atoms with Crippen LogP contribution in [0.15, 0.2) is 35.4 Å². The van der Waals surface area contributed by atoms with Crippen LogP contribution in [0.1, 0.15) is 12.6 Å². The van der Waals surface area contributed by atoms with Gasteiger partial charge in [-0.3, -0.25) is 4.68 Å². The molecule has 2 aromatic rings. The van der Waals surface area contributed by atoms with Gasteiger partial charge in [0.25, 0.3) is 0 Å². The number of aryl methyl sites for hydroxylation is 2. The van der Waals surface area contributed by atoms with Crippen LogP contribution in [0.25, 0.3) is 11.1 Å². The Hall–Kier alpha value is -1.62. The molecule has 5 heteroatoms. The summed E-state index contributed by atoms with van der Waals surface area (Å²) in [6.07, 6.45) is 3.19. The molecule has 0 saturated heterocycles. The van der Waals surface area contributed by atoms with Crippen molar-refractivity contribution in [1.29, 1.82) is 0 Å². The summed E-state index contributed by atoms with van der Waals surface area (Å²) in [5, 5.41) is 4.38. The molecule has 0 amide bonds. The molecule has 96 valence electrons. The zero-order chi connectivity index (χ0) is 13.3.